The summed E-state index contributed by atoms with van der Waals surface area (Å²) in [5, 5.41) is 119. The molecule has 0 aliphatic carbocycles. The van der Waals surface area contributed by atoms with Gasteiger partial charge in [0.05, 0.1) is 51.0 Å². The van der Waals surface area contributed by atoms with Gasteiger partial charge in [-0.15, -0.1) is 0 Å². The fourth-order valence-electron chi connectivity index (χ4n) is 10.1. The second-order valence-corrected chi connectivity index (χ2v) is 20.3. The van der Waals surface area contributed by atoms with E-state index in [0.717, 1.165) is 0 Å². The highest BCUT2D eigenvalue weighted by Crippen LogP contribution is 2.36. The summed E-state index contributed by atoms with van der Waals surface area (Å²) in [4.78, 5) is 52.8. The Kier molecular flexibility index (Phi) is 24.0. The molecule has 0 spiro atoms. The Morgan fingerprint density at radius 2 is 0.868 bits per heavy atom. The van der Waals surface area contributed by atoms with Crippen molar-refractivity contribution in [2.24, 2.45) is 11.8 Å². The Bertz CT molecular complexity index is 1790. The highest BCUT2D eigenvalue weighted by molar-refractivity contribution is 5.83. The van der Waals surface area contributed by atoms with Crippen LogP contribution >= 0.6 is 0 Å². The van der Waals surface area contributed by atoms with Crippen LogP contribution in [-0.4, -0.2) is 243 Å². The lowest BCUT2D eigenvalue weighted by molar-refractivity contribution is -0.355. The van der Waals surface area contributed by atoms with Crippen molar-refractivity contribution < 1.29 is 108 Å². The van der Waals surface area contributed by atoms with Crippen LogP contribution in [0.2, 0.25) is 0 Å². The van der Waals surface area contributed by atoms with Crippen molar-refractivity contribution in [2.45, 2.75) is 195 Å². The van der Waals surface area contributed by atoms with E-state index in [2.05, 4.69) is 34.4 Å². The van der Waals surface area contributed by atoms with E-state index < -0.39 is 147 Å². The lowest BCUT2D eigenvalue weighted by atomic mass is 9.84. The van der Waals surface area contributed by atoms with Crippen LogP contribution in [0.15, 0.2) is 24.6 Å². The van der Waals surface area contributed by atoms with Gasteiger partial charge >= 0.3 is 0 Å². The number of Topliss-reactive ketones (excluding diaryl/α,β-unsaturated/α-hetero) is 1. The van der Waals surface area contributed by atoms with E-state index in [-0.39, 0.29) is 89.9 Å². The number of aliphatic hydroxyl groups is 10. The van der Waals surface area contributed by atoms with Crippen molar-refractivity contribution >= 4 is 23.5 Å². The van der Waals surface area contributed by atoms with Crippen LogP contribution in [0, 0.1) is 11.8 Å². The zero-order valence-electron chi connectivity index (χ0n) is 42.9. The van der Waals surface area contributed by atoms with Crippen LogP contribution < -0.4 is 21.3 Å². The van der Waals surface area contributed by atoms with Crippen LogP contribution in [0.1, 0.15) is 84.0 Å². The molecule has 76 heavy (non-hydrogen) atoms. The second kappa shape index (κ2) is 29.6. The van der Waals surface area contributed by atoms with Crippen LogP contribution in [0.3, 0.4) is 0 Å². The highest BCUT2D eigenvalue weighted by Gasteiger charge is 2.53. The summed E-state index contributed by atoms with van der Waals surface area (Å²) < 4.78 is 46.4. The van der Waals surface area contributed by atoms with Crippen molar-refractivity contribution in [2.75, 3.05) is 52.9 Å². The number of amides is 3. The van der Waals surface area contributed by atoms with E-state index >= 15 is 0 Å². The maximum Gasteiger partial charge on any atom is 0.225 e. The number of ether oxygens (including phenoxy) is 8. The van der Waals surface area contributed by atoms with E-state index in [1.165, 1.54) is 11.8 Å². The van der Waals surface area contributed by atoms with Gasteiger partial charge in [-0.2, -0.15) is 0 Å². The number of hydrogen-bond donors (Lipinski definition) is 14. The molecular formula is C49H81N5O22. The molecule has 0 aromatic carbocycles. The largest absolute Gasteiger partial charge is 0.394 e. The van der Waals surface area contributed by atoms with Crippen molar-refractivity contribution in [3.05, 3.63) is 24.6 Å². The fraction of sp³-hybridized carbons (Fsp3) is 0.837. The lowest BCUT2D eigenvalue weighted by Crippen LogP contribution is -2.64. The molecular weight excluding hydrogens is 1010 g/mol. The molecule has 12 aliphatic rings. The topological polar surface area (TPSA) is 396 Å². The molecule has 0 saturated carbocycles. The molecule has 12 aliphatic heterocycles. The molecule has 12 fully saturated rings. The summed E-state index contributed by atoms with van der Waals surface area (Å²) in [7, 11) is 0. The predicted octanol–water partition coefficient (Wildman–Crippen LogP) is -4.73. The molecule has 8 bridgehead atoms. The summed E-state index contributed by atoms with van der Waals surface area (Å²) >= 11 is 0. The monoisotopic (exact) mass is 1090 g/mol. The fourth-order valence-corrected chi connectivity index (χ4v) is 10.1. The number of carbonyl (C=O) groups excluding carboxylic acids is 4. The molecule has 12 heterocycles. The van der Waals surface area contributed by atoms with Crippen molar-refractivity contribution in [1.82, 2.24) is 26.2 Å². The Morgan fingerprint density at radius 3 is 1.26 bits per heavy atom. The van der Waals surface area contributed by atoms with E-state index in [0.29, 0.717) is 49.9 Å². The minimum Gasteiger partial charge on any atom is -0.394 e. The zero-order valence-corrected chi connectivity index (χ0v) is 42.9. The van der Waals surface area contributed by atoms with Gasteiger partial charge in [-0.1, -0.05) is 26.0 Å². The Hall–Kier alpha value is -3.56. The Labute approximate surface area is 440 Å². The van der Waals surface area contributed by atoms with Crippen LogP contribution in [0.5, 0.6) is 0 Å². The third kappa shape index (κ3) is 16.5. The lowest BCUT2D eigenvalue weighted by Gasteiger charge is -2.47. The highest BCUT2D eigenvalue weighted by atomic mass is 16.8. The summed E-state index contributed by atoms with van der Waals surface area (Å²) in [5.41, 5.74) is 0.792. The quantitative estimate of drug-likeness (QED) is 0.0480. The van der Waals surface area contributed by atoms with Gasteiger partial charge in [-0.05, 0) is 45.4 Å². The van der Waals surface area contributed by atoms with Gasteiger partial charge in [0, 0.05) is 75.2 Å². The normalized spacial score (nSPS) is 38.0. The van der Waals surface area contributed by atoms with Gasteiger partial charge in [0.25, 0.3) is 0 Å². The Morgan fingerprint density at radius 1 is 0.474 bits per heavy atom. The van der Waals surface area contributed by atoms with E-state index in [4.69, 9.17) is 37.9 Å². The number of hydrogen-bond acceptors (Lipinski definition) is 24. The summed E-state index contributed by atoms with van der Waals surface area (Å²) in [6.07, 6.45) is -21.8. The maximum atomic E-state index is 13.3. The maximum absolute atomic E-state index is 13.3. The smallest absolute Gasteiger partial charge is 0.225 e. The molecule has 12 saturated heterocycles. The van der Waals surface area contributed by atoms with Crippen molar-refractivity contribution in [1.29, 1.82) is 0 Å². The number of allylic oxidation sites excluding steroid dienone is 2. The van der Waals surface area contributed by atoms with Gasteiger partial charge in [-0.3, -0.25) is 14.4 Å². The van der Waals surface area contributed by atoms with Gasteiger partial charge in [0.15, 0.2) is 25.2 Å². The van der Waals surface area contributed by atoms with E-state index in [9.17, 15) is 70.2 Å². The van der Waals surface area contributed by atoms with Gasteiger partial charge in [0.1, 0.15) is 66.8 Å². The van der Waals surface area contributed by atoms with Crippen LogP contribution in [0.4, 0.5) is 0 Å². The molecule has 12 rings (SSSR count). The third-order valence-corrected chi connectivity index (χ3v) is 14.8. The average molecular weight is 1090 g/mol. The molecule has 14 N–H and O–H groups in total. The van der Waals surface area contributed by atoms with E-state index in [1.54, 1.807) is 0 Å². The first-order valence-corrected chi connectivity index (χ1v) is 26.3. The first-order valence-electron chi connectivity index (χ1n) is 26.3. The number of nitrogens with one attached hydrogen (secondary N) is 4. The minimum atomic E-state index is -1.60. The average Bonchev–Trinajstić information content (AvgIpc) is 3.40. The minimum absolute atomic E-state index is 0.00337. The number of rotatable bonds is 21. The second-order valence-electron chi connectivity index (χ2n) is 20.3. The molecule has 0 aromatic heterocycles. The predicted molar refractivity (Wildman–Crippen MR) is 259 cm³/mol. The molecule has 434 valence electrons. The molecule has 0 radical (unpaired) electrons. The SMILES string of the molecule is C=C(CCC(=O)NCC1O[C@H]2OC3C(CO)O[C@@H](OCCCCC1C(O)C2O)C(O)C3O)NCN(CNC(=C)CCC(=O)NCC1O[C@H]2OC3C(CO)O[C@@H](OCCCCC1C(O)C2O)C(O)C3O)C(=O)CCC(C)=O. The molecule has 20 atom stereocenters. The molecule has 0 aromatic rings. The number of carbonyl (C=O) groups is 4. The first-order chi connectivity index (χ1) is 36.3. The first kappa shape index (κ1) is 61.6. The van der Waals surface area contributed by atoms with Gasteiger partial charge < -0.3 is 120 Å². The molecule has 16 unspecified atom stereocenters. The standard InChI is InChI=1S/C49H81N5O22/c1-24(10-13-33(58)50-18-29-27-8-4-6-16-69-46-42(67)38(63)44(31(20-55)73-46)75-48(71-29)40(65)36(27)61)52-22-54(35(60)15-12-26(3)57)23-53-25(2)11-14-34(59)51-19-30-28-9-5-7-17-70-47-43(68)39(64)45(32(21-56)74-47)76-49(72-30)41(66)37(28)62/h27-32,36-49,52-53,55-56,61-68H,1-2,4-23H2,3H3,(H,50,58)(H,51,59)/t27?,28?,29?,30?,31?,32?,36?,37?,38?,39?,40?,41?,42?,43?,44?,45?,46-,47-,48+,49+/m1/s1. The van der Waals surface area contributed by atoms with Gasteiger partial charge in [-0.25, -0.2) is 0 Å². The summed E-state index contributed by atoms with van der Waals surface area (Å²) in [5.74, 6) is -2.69. The van der Waals surface area contributed by atoms with Crippen molar-refractivity contribution in [3.63, 3.8) is 0 Å². The van der Waals surface area contributed by atoms with E-state index in [1.807, 2.05) is 0 Å². The number of ketones is 1. The molecule has 27 heteroatoms. The molecule has 3 amide bonds. The van der Waals surface area contributed by atoms with Crippen LogP contribution in [0.25, 0.3) is 0 Å². The van der Waals surface area contributed by atoms with Gasteiger partial charge in [0.2, 0.25) is 17.7 Å². The zero-order chi connectivity index (χ0) is 55.2. The van der Waals surface area contributed by atoms with Crippen molar-refractivity contribution in [3.8, 4) is 0 Å². The van der Waals surface area contributed by atoms with Crippen LogP contribution in [-0.2, 0) is 57.1 Å². The third-order valence-electron chi connectivity index (χ3n) is 14.8. The number of aliphatic hydroxyl groups excluding tert-OH is 10. The Balaban J connectivity index is 0.957. The summed E-state index contributed by atoms with van der Waals surface area (Å²) in [6.45, 7) is 7.99. The summed E-state index contributed by atoms with van der Waals surface area (Å²) in [6, 6.07) is 0. The molecule has 27 nitrogen and oxygen atoms in total. The number of nitrogens with zero attached hydrogens (tertiary/aromatic N) is 1.